The highest BCUT2D eigenvalue weighted by molar-refractivity contribution is 5.88. The van der Waals surface area contributed by atoms with Gasteiger partial charge < -0.3 is 11.1 Å². The summed E-state index contributed by atoms with van der Waals surface area (Å²) in [5.41, 5.74) is 5.15. The van der Waals surface area contributed by atoms with E-state index in [9.17, 15) is 4.79 Å². The third-order valence-electron chi connectivity index (χ3n) is 2.27. The van der Waals surface area contributed by atoms with Crippen molar-refractivity contribution in [1.82, 2.24) is 5.32 Å². The number of unbranched alkanes of at least 4 members (excludes halogenated alkanes) is 2. The summed E-state index contributed by atoms with van der Waals surface area (Å²) in [6.45, 7) is 0.694. The fourth-order valence-electron chi connectivity index (χ4n) is 1.09. The van der Waals surface area contributed by atoms with Crippen LogP contribution in [-0.2, 0) is 4.79 Å². The summed E-state index contributed by atoms with van der Waals surface area (Å²) < 4.78 is 0. The fourth-order valence-corrected chi connectivity index (χ4v) is 1.09. The smallest absolute Gasteiger partial charge is 0.240 e. The lowest BCUT2D eigenvalue weighted by Gasteiger charge is -2.08. The van der Waals surface area contributed by atoms with Gasteiger partial charge in [0.25, 0.3) is 0 Å². The van der Waals surface area contributed by atoms with Crippen LogP contribution in [0.1, 0.15) is 32.1 Å². The van der Waals surface area contributed by atoms with Crippen molar-refractivity contribution >= 4 is 5.91 Å². The van der Waals surface area contributed by atoms with Crippen LogP contribution in [0.3, 0.4) is 0 Å². The standard InChI is InChI=1S/C10H16N2O/c1-2-3-4-5-8-12-9(13)10(11)6-7-10/h1H,3-8,11H2,(H,12,13). The molecule has 0 saturated heterocycles. The summed E-state index contributed by atoms with van der Waals surface area (Å²) in [4.78, 5) is 11.3. The Labute approximate surface area is 79.1 Å². The van der Waals surface area contributed by atoms with E-state index in [1.54, 1.807) is 0 Å². The molecule has 0 aromatic heterocycles. The third-order valence-corrected chi connectivity index (χ3v) is 2.27. The van der Waals surface area contributed by atoms with E-state index in [0.29, 0.717) is 6.54 Å². The molecule has 1 aliphatic carbocycles. The molecule has 0 aromatic carbocycles. The van der Waals surface area contributed by atoms with Crippen molar-refractivity contribution in [2.45, 2.75) is 37.6 Å². The largest absolute Gasteiger partial charge is 0.355 e. The molecular weight excluding hydrogens is 164 g/mol. The molecule has 0 bridgehead atoms. The first kappa shape index (κ1) is 10.1. The van der Waals surface area contributed by atoms with E-state index >= 15 is 0 Å². The second kappa shape index (κ2) is 4.29. The van der Waals surface area contributed by atoms with Gasteiger partial charge in [-0.15, -0.1) is 12.3 Å². The molecule has 1 rings (SSSR count). The highest BCUT2D eigenvalue weighted by atomic mass is 16.2. The van der Waals surface area contributed by atoms with Gasteiger partial charge in [0.15, 0.2) is 0 Å². The van der Waals surface area contributed by atoms with Gasteiger partial charge in [-0.2, -0.15) is 0 Å². The molecule has 3 nitrogen and oxygen atoms in total. The monoisotopic (exact) mass is 180 g/mol. The molecule has 1 amide bonds. The Morgan fingerprint density at radius 3 is 2.77 bits per heavy atom. The molecule has 0 aliphatic heterocycles. The molecule has 13 heavy (non-hydrogen) atoms. The van der Waals surface area contributed by atoms with Gasteiger partial charge in [0.2, 0.25) is 5.91 Å². The topological polar surface area (TPSA) is 55.1 Å². The highest BCUT2D eigenvalue weighted by Crippen LogP contribution is 2.31. The fraction of sp³-hybridized carbons (Fsp3) is 0.700. The van der Waals surface area contributed by atoms with Crippen LogP contribution >= 0.6 is 0 Å². The van der Waals surface area contributed by atoms with Gasteiger partial charge in [-0.3, -0.25) is 4.79 Å². The second-order valence-electron chi connectivity index (χ2n) is 3.57. The van der Waals surface area contributed by atoms with E-state index in [-0.39, 0.29) is 5.91 Å². The van der Waals surface area contributed by atoms with Gasteiger partial charge in [0.1, 0.15) is 0 Å². The zero-order chi connectivity index (χ0) is 9.73. The van der Waals surface area contributed by atoms with Crippen LogP contribution < -0.4 is 11.1 Å². The van der Waals surface area contributed by atoms with Crippen molar-refractivity contribution in [3.05, 3.63) is 0 Å². The summed E-state index contributed by atoms with van der Waals surface area (Å²) >= 11 is 0. The first-order chi connectivity index (χ1) is 6.19. The van der Waals surface area contributed by atoms with E-state index < -0.39 is 5.54 Å². The number of carbonyl (C=O) groups excluding carboxylic acids is 1. The normalized spacial score (nSPS) is 17.5. The van der Waals surface area contributed by atoms with E-state index in [0.717, 1.165) is 32.1 Å². The average Bonchev–Trinajstić information content (AvgIpc) is 2.84. The highest BCUT2D eigenvalue weighted by Gasteiger charge is 2.45. The number of amides is 1. The Morgan fingerprint density at radius 1 is 1.54 bits per heavy atom. The molecule has 0 heterocycles. The minimum atomic E-state index is -0.536. The van der Waals surface area contributed by atoms with E-state index in [1.165, 1.54) is 0 Å². The van der Waals surface area contributed by atoms with Crippen LogP contribution in [0.15, 0.2) is 0 Å². The molecule has 1 fully saturated rings. The summed E-state index contributed by atoms with van der Waals surface area (Å²) in [5, 5.41) is 2.81. The Morgan fingerprint density at radius 2 is 2.23 bits per heavy atom. The second-order valence-corrected chi connectivity index (χ2v) is 3.57. The third kappa shape index (κ3) is 3.08. The number of carbonyl (C=O) groups is 1. The first-order valence-corrected chi connectivity index (χ1v) is 4.70. The van der Waals surface area contributed by atoms with Crippen LogP contribution in [-0.4, -0.2) is 18.0 Å². The molecule has 0 atom stereocenters. The van der Waals surface area contributed by atoms with Gasteiger partial charge >= 0.3 is 0 Å². The molecule has 3 heteroatoms. The lowest BCUT2D eigenvalue weighted by atomic mass is 10.2. The number of terminal acetylenes is 1. The number of rotatable bonds is 5. The van der Waals surface area contributed by atoms with E-state index in [4.69, 9.17) is 12.2 Å². The summed E-state index contributed by atoms with van der Waals surface area (Å²) in [5.74, 6) is 2.55. The maximum absolute atomic E-state index is 11.3. The molecule has 0 spiro atoms. The van der Waals surface area contributed by atoms with Crippen molar-refractivity contribution in [2.75, 3.05) is 6.54 Å². The average molecular weight is 180 g/mol. The zero-order valence-electron chi connectivity index (χ0n) is 7.81. The van der Waals surface area contributed by atoms with Gasteiger partial charge in [0.05, 0.1) is 5.54 Å². The number of nitrogens with one attached hydrogen (secondary N) is 1. The van der Waals surface area contributed by atoms with E-state index in [2.05, 4.69) is 11.2 Å². The van der Waals surface area contributed by atoms with Crippen molar-refractivity contribution in [2.24, 2.45) is 5.73 Å². The molecule has 3 N–H and O–H groups in total. The van der Waals surface area contributed by atoms with Crippen LogP contribution in [0.5, 0.6) is 0 Å². The zero-order valence-corrected chi connectivity index (χ0v) is 7.81. The molecule has 0 unspecified atom stereocenters. The minimum Gasteiger partial charge on any atom is -0.355 e. The lowest BCUT2D eigenvalue weighted by molar-refractivity contribution is -0.123. The van der Waals surface area contributed by atoms with Crippen LogP contribution in [0.25, 0.3) is 0 Å². The Bertz CT molecular complexity index is 226. The predicted octanol–water partition coefficient (Wildman–Crippen LogP) is 0.397. The Hall–Kier alpha value is -1.01. The number of hydrogen-bond donors (Lipinski definition) is 2. The number of nitrogens with two attached hydrogens (primary N) is 1. The van der Waals surface area contributed by atoms with Gasteiger partial charge in [-0.05, 0) is 25.7 Å². The summed E-state index contributed by atoms with van der Waals surface area (Å²) in [6.07, 6.45) is 9.42. The SMILES string of the molecule is C#CCCCCNC(=O)C1(N)CC1. The molecule has 1 aliphatic rings. The van der Waals surface area contributed by atoms with Crippen molar-refractivity contribution in [3.63, 3.8) is 0 Å². The Kier molecular flexibility index (Phi) is 3.32. The van der Waals surface area contributed by atoms with E-state index in [1.807, 2.05) is 0 Å². The summed E-state index contributed by atoms with van der Waals surface area (Å²) in [6, 6.07) is 0. The maximum atomic E-state index is 11.3. The van der Waals surface area contributed by atoms with Crippen LogP contribution in [0, 0.1) is 12.3 Å². The summed E-state index contributed by atoms with van der Waals surface area (Å²) in [7, 11) is 0. The Balaban J connectivity index is 2.00. The lowest BCUT2D eigenvalue weighted by Crippen LogP contribution is -2.42. The van der Waals surface area contributed by atoms with Gasteiger partial charge in [-0.1, -0.05) is 0 Å². The molecule has 1 saturated carbocycles. The predicted molar refractivity (Wildman–Crippen MR) is 51.8 cm³/mol. The van der Waals surface area contributed by atoms with Crippen molar-refractivity contribution in [1.29, 1.82) is 0 Å². The molecule has 0 aromatic rings. The quantitative estimate of drug-likeness (QED) is 0.475. The van der Waals surface area contributed by atoms with Crippen LogP contribution in [0.4, 0.5) is 0 Å². The number of hydrogen-bond acceptors (Lipinski definition) is 2. The van der Waals surface area contributed by atoms with Crippen molar-refractivity contribution in [3.8, 4) is 12.3 Å². The molecule has 72 valence electrons. The van der Waals surface area contributed by atoms with Crippen molar-refractivity contribution < 1.29 is 4.79 Å². The molecule has 0 radical (unpaired) electrons. The molecular formula is C10H16N2O. The maximum Gasteiger partial charge on any atom is 0.240 e. The first-order valence-electron chi connectivity index (χ1n) is 4.70. The van der Waals surface area contributed by atoms with Crippen LogP contribution in [0.2, 0.25) is 0 Å². The van der Waals surface area contributed by atoms with Gasteiger partial charge in [-0.25, -0.2) is 0 Å². The van der Waals surface area contributed by atoms with Gasteiger partial charge in [0, 0.05) is 13.0 Å². The minimum absolute atomic E-state index is 0.00629.